The SMILES string of the molecule is O=CN1CCC(Nc2ccc3c(c2)CN(Sc2ccc(O)cc2)C3)C1. The molecule has 0 spiro atoms. The molecular weight excluding hydrogens is 334 g/mol. The first kappa shape index (κ1) is 16.3. The Labute approximate surface area is 151 Å². The molecule has 1 saturated heterocycles. The second-order valence-corrected chi connectivity index (χ2v) is 7.77. The lowest BCUT2D eigenvalue weighted by Crippen LogP contribution is -2.25. The molecule has 5 nitrogen and oxygen atoms in total. The maximum absolute atomic E-state index is 10.8. The zero-order valence-electron chi connectivity index (χ0n) is 13.9. The number of nitrogens with zero attached hydrogens (tertiary/aromatic N) is 2. The van der Waals surface area contributed by atoms with E-state index in [-0.39, 0.29) is 0 Å². The molecule has 0 saturated carbocycles. The van der Waals surface area contributed by atoms with E-state index in [0.29, 0.717) is 11.8 Å². The number of phenolic OH excluding ortho intramolecular Hbond substituents is 1. The van der Waals surface area contributed by atoms with Crippen molar-refractivity contribution in [2.45, 2.75) is 30.4 Å². The van der Waals surface area contributed by atoms with Gasteiger partial charge in [0.25, 0.3) is 0 Å². The molecule has 0 aromatic heterocycles. The van der Waals surface area contributed by atoms with Gasteiger partial charge in [-0.15, -0.1) is 0 Å². The highest BCUT2D eigenvalue weighted by Gasteiger charge is 2.23. The molecule has 4 rings (SSSR count). The van der Waals surface area contributed by atoms with E-state index < -0.39 is 0 Å². The van der Waals surface area contributed by atoms with Gasteiger partial charge in [0, 0.05) is 42.8 Å². The van der Waals surface area contributed by atoms with Gasteiger partial charge in [0.15, 0.2) is 0 Å². The van der Waals surface area contributed by atoms with Gasteiger partial charge < -0.3 is 15.3 Å². The summed E-state index contributed by atoms with van der Waals surface area (Å²) >= 11 is 1.71. The molecule has 1 atom stereocenters. The number of rotatable bonds is 5. The van der Waals surface area contributed by atoms with Crippen molar-refractivity contribution in [1.29, 1.82) is 0 Å². The Kier molecular flexibility index (Phi) is 4.55. The Hall–Kier alpha value is -2.18. The Bertz CT molecular complexity index is 766. The summed E-state index contributed by atoms with van der Waals surface area (Å²) in [5.41, 5.74) is 3.84. The van der Waals surface area contributed by atoms with Crippen LogP contribution in [0.25, 0.3) is 0 Å². The van der Waals surface area contributed by atoms with Gasteiger partial charge >= 0.3 is 0 Å². The summed E-state index contributed by atoms with van der Waals surface area (Å²) in [6.07, 6.45) is 1.93. The van der Waals surface area contributed by atoms with Crippen molar-refractivity contribution < 1.29 is 9.90 Å². The van der Waals surface area contributed by atoms with Crippen LogP contribution in [-0.4, -0.2) is 39.9 Å². The molecule has 2 aliphatic heterocycles. The van der Waals surface area contributed by atoms with Gasteiger partial charge in [-0.25, -0.2) is 4.31 Å². The summed E-state index contributed by atoms with van der Waals surface area (Å²) in [5, 5.41) is 12.9. The molecule has 1 amide bonds. The highest BCUT2D eigenvalue weighted by molar-refractivity contribution is 7.97. The second-order valence-electron chi connectivity index (χ2n) is 6.60. The lowest BCUT2D eigenvalue weighted by atomic mass is 10.1. The number of likely N-dealkylation sites (tertiary alicyclic amines) is 1. The molecule has 6 heteroatoms. The third-order valence-corrected chi connectivity index (χ3v) is 5.71. The van der Waals surface area contributed by atoms with Gasteiger partial charge in [0.05, 0.1) is 0 Å². The lowest BCUT2D eigenvalue weighted by molar-refractivity contribution is -0.117. The Balaban J connectivity index is 1.38. The fourth-order valence-corrected chi connectivity index (χ4v) is 4.37. The largest absolute Gasteiger partial charge is 0.508 e. The quantitative estimate of drug-likeness (QED) is 0.638. The van der Waals surface area contributed by atoms with Gasteiger partial charge in [-0.05, 0) is 65.9 Å². The number of fused-ring (bicyclic) bond motifs is 1. The molecule has 2 N–H and O–H groups in total. The van der Waals surface area contributed by atoms with E-state index in [9.17, 15) is 9.90 Å². The molecule has 2 aliphatic rings. The number of aromatic hydroxyl groups is 1. The molecule has 1 fully saturated rings. The van der Waals surface area contributed by atoms with E-state index in [0.717, 1.165) is 49.6 Å². The van der Waals surface area contributed by atoms with Crippen LogP contribution in [0.5, 0.6) is 5.75 Å². The van der Waals surface area contributed by atoms with Gasteiger partial charge in [-0.2, -0.15) is 0 Å². The Morgan fingerprint density at radius 3 is 2.68 bits per heavy atom. The average molecular weight is 355 g/mol. The molecule has 2 aromatic rings. The highest BCUT2D eigenvalue weighted by Crippen LogP contribution is 2.34. The number of carbonyl (C=O) groups excluding carboxylic acids is 1. The minimum absolute atomic E-state index is 0.296. The summed E-state index contributed by atoms with van der Waals surface area (Å²) < 4.78 is 2.32. The van der Waals surface area contributed by atoms with Gasteiger partial charge in [0.2, 0.25) is 6.41 Å². The Morgan fingerprint density at radius 2 is 1.92 bits per heavy atom. The predicted molar refractivity (Wildman–Crippen MR) is 99.3 cm³/mol. The topological polar surface area (TPSA) is 55.8 Å². The second kappa shape index (κ2) is 6.98. The molecule has 1 unspecified atom stereocenters. The number of phenols is 1. The van der Waals surface area contributed by atoms with Crippen LogP contribution in [0, 0.1) is 0 Å². The van der Waals surface area contributed by atoms with E-state index in [1.165, 1.54) is 11.1 Å². The third-order valence-electron chi connectivity index (χ3n) is 4.71. The van der Waals surface area contributed by atoms with E-state index in [2.05, 4.69) is 27.8 Å². The number of anilines is 1. The van der Waals surface area contributed by atoms with Crippen molar-refractivity contribution in [2.24, 2.45) is 0 Å². The number of nitrogens with one attached hydrogen (secondary N) is 1. The molecule has 130 valence electrons. The van der Waals surface area contributed by atoms with Gasteiger partial charge in [-0.3, -0.25) is 4.79 Å². The van der Waals surface area contributed by atoms with E-state index in [4.69, 9.17) is 0 Å². The lowest BCUT2D eigenvalue weighted by Gasteiger charge is -2.15. The smallest absolute Gasteiger partial charge is 0.209 e. The van der Waals surface area contributed by atoms with Crippen LogP contribution >= 0.6 is 11.9 Å². The van der Waals surface area contributed by atoms with E-state index in [1.807, 2.05) is 17.0 Å². The van der Waals surface area contributed by atoms with Crippen molar-refractivity contribution in [1.82, 2.24) is 9.21 Å². The standard InChI is InChI=1S/C19H21N3O2S/c23-13-21-8-7-17(12-21)20-16-2-1-14-10-22(11-15(14)9-16)25-19-5-3-18(24)4-6-19/h1-6,9,13,17,20,24H,7-8,10-12H2. The molecular formula is C19H21N3O2S. The summed E-state index contributed by atoms with van der Waals surface area (Å²) in [7, 11) is 0. The predicted octanol–water partition coefficient (Wildman–Crippen LogP) is 3.06. The van der Waals surface area contributed by atoms with Crippen LogP contribution in [0.3, 0.4) is 0 Å². The van der Waals surface area contributed by atoms with Crippen LogP contribution in [0.4, 0.5) is 5.69 Å². The summed E-state index contributed by atoms with van der Waals surface area (Å²) in [6.45, 7) is 3.44. The third kappa shape index (κ3) is 3.75. The number of amides is 1. The molecule has 25 heavy (non-hydrogen) atoms. The van der Waals surface area contributed by atoms with Crippen LogP contribution < -0.4 is 5.32 Å². The van der Waals surface area contributed by atoms with Gasteiger partial charge in [-0.1, -0.05) is 6.07 Å². The van der Waals surface area contributed by atoms with Crippen molar-refractivity contribution >= 4 is 24.0 Å². The van der Waals surface area contributed by atoms with Crippen molar-refractivity contribution in [3.05, 3.63) is 53.6 Å². The number of hydrogen-bond acceptors (Lipinski definition) is 5. The minimum Gasteiger partial charge on any atom is -0.508 e. The zero-order valence-corrected chi connectivity index (χ0v) is 14.7. The summed E-state index contributed by atoms with van der Waals surface area (Å²) in [5.74, 6) is 0.296. The monoisotopic (exact) mass is 355 g/mol. The van der Waals surface area contributed by atoms with Crippen molar-refractivity contribution in [3.63, 3.8) is 0 Å². The number of carbonyl (C=O) groups is 1. The van der Waals surface area contributed by atoms with Crippen LogP contribution in [0.2, 0.25) is 0 Å². The fourth-order valence-electron chi connectivity index (χ4n) is 3.41. The minimum atomic E-state index is 0.296. The normalized spacial score (nSPS) is 19.8. The first-order chi connectivity index (χ1) is 12.2. The van der Waals surface area contributed by atoms with E-state index >= 15 is 0 Å². The maximum atomic E-state index is 10.8. The molecule has 0 bridgehead atoms. The van der Waals surface area contributed by atoms with Crippen molar-refractivity contribution in [3.8, 4) is 5.75 Å². The van der Waals surface area contributed by atoms with Crippen LogP contribution in [0.1, 0.15) is 17.5 Å². The average Bonchev–Trinajstić information content (AvgIpc) is 3.22. The van der Waals surface area contributed by atoms with Crippen molar-refractivity contribution in [2.75, 3.05) is 18.4 Å². The van der Waals surface area contributed by atoms with Gasteiger partial charge in [0.1, 0.15) is 5.75 Å². The summed E-state index contributed by atoms with van der Waals surface area (Å²) in [4.78, 5) is 13.8. The number of hydrogen-bond donors (Lipinski definition) is 2. The molecule has 0 aliphatic carbocycles. The maximum Gasteiger partial charge on any atom is 0.209 e. The fraction of sp³-hybridized carbons (Fsp3) is 0.316. The Morgan fingerprint density at radius 1 is 1.12 bits per heavy atom. The van der Waals surface area contributed by atoms with Crippen LogP contribution in [-0.2, 0) is 17.9 Å². The first-order valence-corrected chi connectivity index (χ1v) is 9.26. The highest BCUT2D eigenvalue weighted by atomic mass is 32.2. The molecule has 0 radical (unpaired) electrons. The first-order valence-electron chi connectivity index (χ1n) is 8.49. The molecule has 2 aromatic carbocycles. The number of benzene rings is 2. The zero-order chi connectivity index (χ0) is 17.2. The molecule has 2 heterocycles. The van der Waals surface area contributed by atoms with Crippen LogP contribution in [0.15, 0.2) is 47.4 Å². The van der Waals surface area contributed by atoms with E-state index in [1.54, 1.807) is 24.1 Å². The summed E-state index contributed by atoms with van der Waals surface area (Å²) in [6, 6.07) is 14.2.